The lowest BCUT2D eigenvalue weighted by Crippen LogP contribution is -2.33. The molecule has 3 heteroatoms. The molecular formula is C15H20N2O. The fraction of sp³-hybridized carbons (Fsp3) is 0.400. The van der Waals surface area contributed by atoms with Gasteiger partial charge in [0.1, 0.15) is 12.3 Å². The highest BCUT2D eigenvalue weighted by Gasteiger charge is 2.21. The standard InChI is InChI=1S/C15H20N2O/c1-10(2)13-6-4-12(5-7-13)8-14-11(3)16-17-15(14)9-18/h4-7,9-10,15-17H,8H2,1-3H3. The van der Waals surface area contributed by atoms with Crippen LogP contribution in [0, 0.1) is 0 Å². The summed E-state index contributed by atoms with van der Waals surface area (Å²) >= 11 is 0. The molecule has 1 aliphatic rings. The Morgan fingerprint density at radius 3 is 2.50 bits per heavy atom. The van der Waals surface area contributed by atoms with E-state index in [-0.39, 0.29) is 6.04 Å². The van der Waals surface area contributed by atoms with Gasteiger partial charge >= 0.3 is 0 Å². The van der Waals surface area contributed by atoms with Crippen molar-refractivity contribution in [2.45, 2.75) is 39.2 Å². The molecule has 0 saturated carbocycles. The summed E-state index contributed by atoms with van der Waals surface area (Å²) in [6.45, 7) is 6.37. The van der Waals surface area contributed by atoms with Crippen LogP contribution in [0.25, 0.3) is 0 Å². The van der Waals surface area contributed by atoms with Crippen LogP contribution in [0.15, 0.2) is 35.5 Å². The molecule has 1 aromatic carbocycles. The van der Waals surface area contributed by atoms with E-state index in [1.165, 1.54) is 11.1 Å². The third-order valence-electron chi connectivity index (χ3n) is 3.45. The van der Waals surface area contributed by atoms with Crippen LogP contribution in [0.2, 0.25) is 0 Å². The van der Waals surface area contributed by atoms with Crippen LogP contribution in [-0.4, -0.2) is 12.3 Å². The first-order valence-electron chi connectivity index (χ1n) is 6.37. The maximum Gasteiger partial charge on any atom is 0.142 e. The molecule has 0 radical (unpaired) electrons. The highest BCUT2D eigenvalue weighted by atomic mass is 16.1. The summed E-state index contributed by atoms with van der Waals surface area (Å²) in [5.74, 6) is 0.553. The molecule has 1 aromatic rings. The molecule has 96 valence electrons. The van der Waals surface area contributed by atoms with Crippen LogP contribution < -0.4 is 10.9 Å². The number of hydrazine groups is 1. The zero-order valence-corrected chi connectivity index (χ0v) is 11.2. The molecule has 0 aliphatic carbocycles. The van der Waals surface area contributed by atoms with E-state index < -0.39 is 0 Å². The Morgan fingerprint density at radius 1 is 1.28 bits per heavy atom. The van der Waals surface area contributed by atoms with Gasteiger partial charge in [-0.2, -0.15) is 0 Å². The fourth-order valence-electron chi connectivity index (χ4n) is 2.19. The second kappa shape index (κ2) is 5.36. The number of benzene rings is 1. The quantitative estimate of drug-likeness (QED) is 0.799. The van der Waals surface area contributed by atoms with Gasteiger partial charge in [-0.1, -0.05) is 38.1 Å². The van der Waals surface area contributed by atoms with Crippen molar-refractivity contribution in [3.05, 3.63) is 46.7 Å². The Kier molecular flexibility index (Phi) is 3.82. The first-order valence-corrected chi connectivity index (χ1v) is 6.37. The molecular weight excluding hydrogens is 224 g/mol. The minimum absolute atomic E-state index is 0.199. The fourth-order valence-corrected chi connectivity index (χ4v) is 2.19. The minimum atomic E-state index is -0.199. The van der Waals surface area contributed by atoms with Crippen LogP contribution in [0.3, 0.4) is 0 Å². The van der Waals surface area contributed by atoms with Gasteiger partial charge in [0.2, 0.25) is 0 Å². The second-order valence-corrected chi connectivity index (χ2v) is 5.11. The van der Waals surface area contributed by atoms with E-state index in [2.05, 4.69) is 49.0 Å². The van der Waals surface area contributed by atoms with Crippen molar-refractivity contribution in [1.82, 2.24) is 10.9 Å². The first kappa shape index (κ1) is 12.8. The summed E-state index contributed by atoms with van der Waals surface area (Å²) in [4.78, 5) is 11.0. The van der Waals surface area contributed by atoms with Crippen molar-refractivity contribution < 1.29 is 4.79 Å². The number of nitrogens with one attached hydrogen (secondary N) is 2. The van der Waals surface area contributed by atoms with Gasteiger partial charge in [0.15, 0.2) is 0 Å². The lowest BCUT2D eigenvalue weighted by molar-refractivity contribution is -0.108. The van der Waals surface area contributed by atoms with Gasteiger partial charge in [0, 0.05) is 5.70 Å². The van der Waals surface area contributed by atoms with Crippen LogP contribution in [0.4, 0.5) is 0 Å². The van der Waals surface area contributed by atoms with E-state index in [1.54, 1.807) is 0 Å². The Bertz CT molecular complexity index is 460. The summed E-state index contributed by atoms with van der Waals surface area (Å²) in [5.41, 5.74) is 10.8. The Morgan fingerprint density at radius 2 is 1.94 bits per heavy atom. The Hall–Kier alpha value is -1.61. The molecule has 18 heavy (non-hydrogen) atoms. The smallest absolute Gasteiger partial charge is 0.142 e. The predicted molar refractivity (Wildman–Crippen MR) is 73.1 cm³/mol. The summed E-state index contributed by atoms with van der Waals surface area (Å²) in [7, 11) is 0. The molecule has 0 saturated heterocycles. The lowest BCUT2D eigenvalue weighted by Gasteiger charge is -2.10. The second-order valence-electron chi connectivity index (χ2n) is 5.11. The van der Waals surface area contributed by atoms with Gasteiger partial charge in [-0.3, -0.25) is 0 Å². The molecule has 0 fully saturated rings. The van der Waals surface area contributed by atoms with Gasteiger partial charge in [-0.15, -0.1) is 0 Å². The molecule has 1 unspecified atom stereocenters. The normalized spacial score (nSPS) is 19.2. The van der Waals surface area contributed by atoms with Gasteiger partial charge in [0.05, 0.1) is 0 Å². The highest BCUT2D eigenvalue weighted by Crippen LogP contribution is 2.20. The Labute approximate surface area is 108 Å². The number of allylic oxidation sites excluding steroid dienone is 1. The van der Waals surface area contributed by atoms with Crippen molar-refractivity contribution in [3.63, 3.8) is 0 Å². The van der Waals surface area contributed by atoms with Gasteiger partial charge in [0.25, 0.3) is 0 Å². The number of rotatable bonds is 4. The van der Waals surface area contributed by atoms with E-state index in [4.69, 9.17) is 0 Å². The third-order valence-corrected chi connectivity index (χ3v) is 3.45. The largest absolute Gasteiger partial charge is 0.325 e. The number of carbonyl (C=O) groups is 1. The maximum absolute atomic E-state index is 11.0. The van der Waals surface area contributed by atoms with Crippen LogP contribution >= 0.6 is 0 Å². The molecule has 2 N–H and O–H groups in total. The van der Waals surface area contributed by atoms with Gasteiger partial charge in [-0.05, 0) is 36.0 Å². The third kappa shape index (κ3) is 2.62. The average Bonchev–Trinajstić information content (AvgIpc) is 2.71. The molecule has 0 amide bonds. The number of hydrogen-bond donors (Lipinski definition) is 2. The molecule has 0 bridgehead atoms. The summed E-state index contributed by atoms with van der Waals surface area (Å²) in [5, 5.41) is 0. The van der Waals surface area contributed by atoms with Crippen molar-refractivity contribution >= 4 is 6.29 Å². The van der Waals surface area contributed by atoms with E-state index in [0.717, 1.165) is 24.0 Å². The average molecular weight is 244 g/mol. The van der Waals surface area contributed by atoms with Crippen molar-refractivity contribution in [3.8, 4) is 0 Å². The van der Waals surface area contributed by atoms with E-state index in [1.807, 2.05) is 6.92 Å². The van der Waals surface area contributed by atoms with Crippen LogP contribution in [-0.2, 0) is 11.2 Å². The van der Waals surface area contributed by atoms with Crippen molar-refractivity contribution in [2.75, 3.05) is 0 Å². The van der Waals surface area contributed by atoms with Gasteiger partial charge in [-0.25, -0.2) is 5.43 Å². The lowest BCUT2D eigenvalue weighted by atomic mass is 9.96. The zero-order valence-electron chi connectivity index (χ0n) is 11.2. The van der Waals surface area contributed by atoms with E-state index >= 15 is 0 Å². The van der Waals surface area contributed by atoms with Crippen molar-refractivity contribution in [2.24, 2.45) is 0 Å². The zero-order chi connectivity index (χ0) is 13.1. The minimum Gasteiger partial charge on any atom is -0.325 e. The topological polar surface area (TPSA) is 41.1 Å². The predicted octanol–water partition coefficient (Wildman–Crippen LogP) is 2.30. The van der Waals surface area contributed by atoms with Crippen LogP contribution in [0.5, 0.6) is 0 Å². The van der Waals surface area contributed by atoms with E-state index in [9.17, 15) is 4.79 Å². The molecule has 2 rings (SSSR count). The molecule has 3 nitrogen and oxygen atoms in total. The SMILES string of the molecule is CC1=C(Cc2ccc(C(C)C)cc2)C(C=O)NN1. The molecule has 1 heterocycles. The summed E-state index contributed by atoms with van der Waals surface area (Å²) in [6, 6.07) is 8.43. The number of aldehydes is 1. The first-order chi connectivity index (χ1) is 8.61. The highest BCUT2D eigenvalue weighted by molar-refractivity contribution is 5.65. The van der Waals surface area contributed by atoms with Gasteiger partial charge < -0.3 is 10.2 Å². The summed E-state index contributed by atoms with van der Waals surface area (Å²) < 4.78 is 0. The maximum atomic E-state index is 11.0. The summed E-state index contributed by atoms with van der Waals surface area (Å²) in [6.07, 6.45) is 1.76. The molecule has 0 spiro atoms. The molecule has 1 atom stereocenters. The Balaban J connectivity index is 2.14. The molecule has 0 aromatic heterocycles. The van der Waals surface area contributed by atoms with Crippen LogP contribution in [0.1, 0.15) is 37.8 Å². The van der Waals surface area contributed by atoms with Crippen molar-refractivity contribution in [1.29, 1.82) is 0 Å². The number of carbonyl (C=O) groups excluding carboxylic acids is 1. The van der Waals surface area contributed by atoms with E-state index in [0.29, 0.717) is 5.92 Å². The monoisotopic (exact) mass is 244 g/mol. The molecule has 1 aliphatic heterocycles. The number of hydrogen-bond acceptors (Lipinski definition) is 3.